The molecule has 5 nitrogen and oxygen atoms in total. The molecule has 0 aliphatic carbocycles. The molecule has 33 heavy (non-hydrogen) atoms. The Labute approximate surface area is 195 Å². The van der Waals surface area contributed by atoms with Gasteiger partial charge in [-0.05, 0) is 65.2 Å². The Hall–Kier alpha value is -3.71. The first kappa shape index (κ1) is 21.2. The lowest BCUT2D eigenvalue weighted by atomic mass is 10.0. The van der Waals surface area contributed by atoms with Crippen molar-refractivity contribution in [2.24, 2.45) is 4.99 Å². The number of imidazole rings is 1. The molecule has 0 saturated heterocycles. The van der Waals surface area contributed by atoms with Gasteiger partial charge in [-0.25, -0.2) is 14.4 Å². The van der Waals surface area contributed by atoms with Crippen molar-refractivity contribution in [1.82, 2.24) is 14.1 Å². The van der Waals surface area contributed by atoms with Crippen molar-refractivity contribution < 1.29 is 9.13 Å². The number of fused-ring (bicyclic) bond motifs is 1. The van der Waals surface area contributed by atoms with E-state index in [-0.39, 0.29) is 5.82 Å². The number of benzene rings is 3. The highest BCUT2D eigenvalue weighted by atomic mass is 32.1. The summed E-state index contributed by atoms with van der Waals surface area (Å²) in [6, 6.07) is 18.8. The summed E-state index contributed by atoms with van der Waals surface area (Å²) in [5, 5.41) is 4.43. The first-order valence-corrected chi connectivity index (χ1v) is 11.6. The number of hydrogen-bond acceptors (Lipinski definition) is 4. The number of thiazole rings is 1. The van der Waals surface area contributed by atoms with E-state index in [0.29, 0.717) is 0 Å². The Balaban J connectivity index is 1.53. The van der Waals surface area contributed by atoms with Crippen LogP contribution in [0.3, 0.4) is 0 Å². The summed E-state index contributed by atoms with van der Waals surface area (Å²) < 4.78 is 23.0. The Bertz CT molecular complexity index is 1440. The van der Waals surface area contributed by atoms with Gasteiger partial charge in [-0.15, -0.1) is 11.3 Å². The number of aryl methyl sites for hydroxylation is 1. The van der Waals surface area contributed by atoms with Gasteiger partial charge in [-0.1, -0.05) is 18.2 Å². The maximum atomic E-state index is 13.3. The fraction of sp³-hybridized carbons (Fsp3) is 0.154. The molecular weight excluding hydrogens is 435 g/mol. The molecule has 0 amide bonds. The molecule has 3 aromatic carbocycles. The second-order valence-corrected chi connectivity index (χ2v) is 8.56. The third-order valence-electron chi connectivity index (χ3n) is 5.55. The predicted molar refractivity (Wildman–Crippen MR) is 130 cm³/mol. The fourth-order valence-electron chi connectivity index (χ4n) is 3.83. The molecule has 2 heterocycles. The molecule has 0 bridgehead atoms. The van der Waals surface area contributed by atoms with Crippen LogP contribution >= 0.6 is 11.3 Å². The number of aromatic nitrogens is 3. The third-order valence-corrected chi connectivity index (χ3v) is 6.41. The molecule has 0 aliphatic rings. The Morgan fingerprint density at radius 1 is 1.00 bits per heavy atom. The molecule has 0 atom stereocenters. The molecule has 0 N–H and O–H groups in total. The predicted octanol–water partition coefficient (Wildman–Crippen LogP) is 6.04. The van der Waals surface area contributed by atoms with Gasteiger partial charge in [-0.3, -0.25) is 0 Å². The zero-order chi connectivity index (χ0) is 22.6. The molecule has 5 rings (SSSR count). The Morgan fingerprint density at radius 3 is 2.61 bits per heavy atom. The Kier molecular flexibility index (Phi) is 6.04. The van der Waals surface area contributed by atoms with E-state index >= 15 is 0 Å². The summed E-state index contributed by atoms with van der Waals surface area (Å²) in [6.07, 6.45) is 6.53. The van der Waals surface area contributed by atoms with Crippen LogP contribution in [0.1, 0.15) is 6.42 Å². The molecule has 0 unspecified atom stereocenters. The first-order chi connectivity index (χ1) is 16.2. The maximum Gasteiger partial charge on any atom is 0.190 e. The van der Waals surface area contributed by atoms with E-state index in [9.17, 15) is 4.39 Å². The monoisotopic (exact) mass is 458 g/mol. The van der Waals surface area contributed by atoms with E-state index in [4.69, 9.17) is 9.73 Å². The van der Waals surface area contributed by atoms with Gasteiger partial charge in [-0.2, -0.15) is 0 Å². The molecule has 0 saturated carbocycles. The zero-order valence-electron chi connectivity index (χ0n) is 18.2. The topological polar surface area (TPSA) is 44.3 Å². The van der Waals surface area contributed by atoms with Gasteiger partial charge in [0, 0.05) is 30.9 Å². The highest BCUT2D eigenvalue weighted by Gasteiger charge is 2.10. The minimum absolute atomic E-state index is 0.262. The molecule has 0 fully saturated rings. The maximum absolute atomic E-state index is 13.3. The van der Waals surface area contributed by atoms with Gasteiger partial charge < -0.3 is 13.9 Å². The largest absolute Gasteiger partial charge is 0.497 e. The normalized spacial score (nSPS) is 11.9. The van der Waals surface area contributed by atoms with Crippen molar-refractivity contribution in [3.63, 3.8) is 0 Å². The van der Waals surface area contributed by atoms with Gasteiger partial charge in [0.2, 0.25) is 0 Å². The lowest BCUT2D eigenvalue weighted by molar-refractivity contribution is 0.415. The van der Waals surface area contributed by atoms with Crippen LogP contribution in [0, 0.1) is 5.82 Å². The van der Waals surface area contributed by atoms with E-state index < -0.39 is 0 Å². The van der Waals surface area contributed by atoms with Gasteiger partial charge in [0.1, 0.15) is 11.6 Å². The van der Waals surface area contributed by atoms with Crippen molar-refractivity contribution in [3.8, 4) is 17.0 Å². The Morgan fingerprint density at radius 2 is 1.82 bits per heavy atom. The summed E-state index contributed by atoms with van der Waals surface area (Å²) in [7, 11) is 1.68. The van der Waals surface area contributed by atoms with E-state index in [1.165, 1.54) is 12.1 Å². The summed E-state index contributed by atoms with van der Waals surface area (Å²) in [6.45, 7) is 1.67. The molecule has 0 radical (unpaired) electrons. The molecule has 0 aliphatic heterocycles. The number of rotatable bonds is 7. The quantitative estimate of drug-likeness (QED) is 0.299. The molecule has 2 aromatic heterocycles. The van der Waals surface area contributed by atoms with Gasteiger partial charge >= 0.3 is 0 Å². The third kappa shape index (κ3) is 4.73. The van der Waals surface area contributed by atoms with Crippen molar-refractivity contribution in [1.29, 1.82) is 0 Å². The summed E-state index contributed by atoms with van der Waals surface area (Å²) in [5.74, 6) is 0.586. The highest BCUT2D eigenvalue weighted by molar-refractivity contribution is 7.07. The van der Waals surface area contributed by atoms with Crippen LogP contribution in [0.15, 0.2) is 89.8 Å². The lowest BCUT2D eigenvalue weighted by Gasteiger charge is -2.11. The average molecular weight is 459 g/mol. The number of ether oxygens (including phenoxy) is 1. The van der Waals surface area contributed by atoms with E-state index in [1.54, 1.807) is 36.8 Å². The molecule has 7 heteroatoms. The summed E-state index contributed by atoms with van der Waals surface area (Å²) in [5.41, 5.74) is 2.98. The second kappa shape index (κ2) is 9.42. The van der Waals surface area contributed by atoms with Crippen LogP contribution in [0.4, 0.5) is 10.1 Å². The fourth-order valence-corrected chi connectivity index (χ4v) is 4.79. The minimum Gasteiger partial charge on any atom is -0.497 e. The van der Waals surface area contributed by atoms with Crippen molar-refractivity contribution >= 4 is 27.8 Å². The standard InChI is InChI=1S/C26H23FN4OS/c1-32-24-10-5-19-15-21(4-3-20(19)16-24)25-17-33-26(29-23-8-6-22(27)7-9-23)31(25)13-2-12-30-14-11-28-18-30/h3-11,14-18H,2,12-13H2,1H3. The average Bonchev–Trinajstić information content (AvgIpc) is 3.50. The van der Waals surface area contributed by atoms with Gasteiger partial charge in [0.25, 0.3) is 0 Å². The first-order valence-electron chi connectivity index (χ1n) is 10.7. The zero-order valence-corrected chi connectivity index (χ0v) is 19.0. The van der Waals surface area contributed by atoms with Crippen LogP contribution in [0.2, 0.25) is 0 Å². The molecule has 0 spiro atoms. The summed E-state index contributed by atoms with van der Waals surface area (Å²) in [4.78, 5) is 9.82. The van der Waals surface area contributed by atoms with Crippen LogP contribution in [0.25, 0.3) is 22.0 Å². The molecule has 5 aromatic rings. The molecular formula is C26H23FN4OS. The van der Waals surface area contributed by atoms with Crippen molar-refractivity contribution in [2.75, 3.05) is 7.11 Å². The lowest BCUT2D eigenvalue weighted by Crippen LogP contribution is -2.17. The van der Waals surface area contributed by atoms with E-state index in [1.807, 2.05) is 24.7 Å². The SMILES string of the molecule is COc1ccc2cc(-c3csc(=Nc4ccc(F)cc4)n3CCCn3ccnc3)ccc2c1. The van der Waals surface area contributed by atoms with Crippen molar-refractivity contribution in [2.45, 2.75) is 19.5 Å². The van der Waals surface area contributed by atoms with Crippen molar-refractivity contribution in [3.05, 3.63) is 95.4 Å². The number of halogens is 1. The number of nitrogens with zero attached hydrogens (tertiary/aromatic N) is 4. The van der Waals surface area contributed by atoms with Crippen LogP contribution in [-0.2, 0) is 13.1 Å². The van der Waals surface area contributed by atoms with Crippen LogP contribution < -0.4 is 9.54 Å². The van der Waals surface area contributed by atoms with Gasteiger partial charge in [0.05, 0.1) is 24.8 Å². The van der Waals surface area contributed by atoms with E-state index in [2.05, 4.69) is 43.8 Å². The van der Waals surface area contributed by atoms with Crippen LogP contribution in [0.5, 0.6) is 5.75 Å². The van der Waals surface area contributed by atoms with E-state index in [0.717, 1.165) is 57.8 Å². The number of methoxy groups -OCH3 is 1. The van der Waals surface area contributed by atoms with Crippen LogP contribution in [-0.4, -0.2) is 21.2 Å². The second-order valence-electron chi connectivity index (χ2n) is 7.73. The minimum atomic E-state index is -0.262. The molecule has 166 valence electrons. The number of hydrogen-bond donors (Lipinski definition) is 0. The van der Waals surface area contributed by atoms with Gasteiger partial charge in [0.15, 0.2) is 4.80 Å². The highest BCUT2D eigenvalue weighted by Crippen LogP contribution is 2.28. The summed E-state index contributed by atoms with van der Waals surface area (Å²) >= 11 is 1.59. The smallest absolute Gasteiger partial charge is 0.190 e.